The quantitative estimate of drug-likeness (QED) is 0.830. The number of benzene rings is 2. The van der Waals surface area contributed by atoms with Gasteiger partial charge in [-0.2, -0.15) is 0 Å². The van der Waals surface area contributed by atoms with E-state index in [2.05, 4.69) is 40.3 Å². The number of aryl methyl sites for hydroxylation is 1. The zero-order chi connectivity index (χ0) is 13.8. The Morgan fingerprint density at radius 2 is 2.00 bits per heavy atom. The van der Waals surface area contributed by atoms with E-state index in [0.717, 1.165) is 18.7 Å². The fourth-order valence-corrected chi connectivity index (χ4v) is 2.28. The lowest BCUT2D eigenvalue weighted by Crippen LogP contribution is -2.08. The highest BCUT2D eigenvalue weighted by Crippen LogP contribution is 2.26. The van der Waals surface area contributed by atoms with Crippen LogP contribution < -0.4 is 11.1 Å². The highest BCUT2D eigenvalue weighted by Gasteiger charge is 2.05. The van der Waals surface area contributed by atoms with Crippen LogP contribution in [0, 0.1) is 12.7 Å². The average Bonchev–Trinajstić information content (AvgIpc) is 2.38. The van der Waals surface area contributed by atoms with Crippen molar-refractivity contribution in [1.29, 1.82) is 0 Å². The van der Waals surface area contributed by atoms with Crippen molar-refractivity contribution in [2.75, 3.05) is 17.6 Å². The van der Waals surface area contributed by atoms with Crippen molar-refractivity contribution in [1.82, 2.24) is 0 Å². The summed E-state index contributed by atoms with van der Waals surface area (Å²) in [6.07, 6.45) is 0.904. The van der Waals surface area contributed by atoms with Gasteiger partial charge in [0.2, 0.25) is 0 Å². The monoisotopic (exact) mass is 322 g/mol. The number of hydrogen-bond acceptors (Lipinski definition) is 2. The maximum atomic E-state index is 13.2. The van der Waals surface area contributed by atoms with Crippen molar-refractivity contribution in [3.8, 4) is 0 Å². The molecular weight excluding hydrogens is 307 g/mol. The number of halogens is 2. The number of rotatable bonds is 4. The van der Waals surface area contributed by atoms with Gasteiger partial charge in [0.05, 0.1) is 15.8 Å². The Hall–Kier alpha value is -1.55. The molecule has 0 fully saturated rings. The van der Waals surface area contributed by atoms with Gasteiger partial charge in [-0.1, -0.05) is 24.3 Å². The minimum Gasteiger partial charge on any atom is -0.397 e. The van der Waals surface area contributed by atoms with Crippen molar-refractivity contribution >= 4 is 27.3 Å². The molecule has 3 N–H and O–H groups in total. The highest BCUT2D eigenvalue weighted by atomic mass is 79.9. The summed E-state index contributed by atoms with van der Waals surface area (Å²) in [5, 5.41) is 3.24. The summed E-state index contributed by atoms with van der Waals surface area (Å²) in [4.78, 5) is 0. The van der Waals surface area contributed by atoms with Gasteiger partial charge in [-0.05, 0) is 46.5 Å². The summed E-state index contributed by atoms with van der Waals surface area (Å²) in [5.41, 5.74) is 9.53. The molecule has 0 radical (unpaired) electrons. The van der Waals surface area contributed by atoms with Crippen LogP contribution in [0.5, 0.6) is 0 Å². The SMILES string of the molecule is Cc1ccccc1CCNc1cc(Br)c(F)cc1N. The molecule has 0 bridgehead atoms. The summed E-state index contributed by atoms with van der Waals surface area (Å²) >= 11 is 3.16. The van der Waals surface area contributed by atoms with Crippen LogP contribution in [0.4, 0.5) is 15.8 Å². The van der Waals surface area contributed by atoms with Gasteiger partial charge < -0.3 is 11.1 Å². The Balaban J connectivity index is 2.00. The Morgan fingerprint density at radius 3 is 2.74 bits per heavy atom. The van der Waals surface area contributed by atoms with Crippen LogP contribution in [0.1, 0.15) is 11.1 Å². The Kier molecular flexibility index (Phi) is 4.43. The molecule has 2 nitrogen and oxygen atoms in total. The largest absolute Gasteiger partial charge is 0.397 e. The number of anilines is 2. The van der Waals surface area contributed by atoms with Crippen LogP contribution in [0.3, 0.4) is 0 Å². The van der Waals surface area contributed by atoms with E-state index in [-0.39, 0.29) is 5.82 Å². The van der Waals surface area contributed by atoms with Crippen molar-refractivity contribution in [2.24, 2.45) is 0 Å². The van der Waals surface area contributed by atoms with Crippen molar-refractivity contribution < 1.29 is 4.39 Å². The van der Waals surface area contributed by atoms with Crippen LogP contribution in [0.2, 0.25) is 0 Å². The molecule has 0 unspecified atom stereocenters. The van der Waals surface area contributed by atoms with E-state index in [1.54, 1.807) is 6.07 Å². The standard InChI is InChI=1S/C15H16BrFN2/c1-10-4-2-3-5-11(10)6-7-19-15-8-12(16)13(17)9-14(15)18/h2-5,8-9,19H,6-7,18H2,1H3. The van der Waals surface area contributed by atoms with E-state index >= 15 is 0 Å². The summed E-state index contributed by atoms with van der Waals surface area (Å²) in [6, 6.07) is 11.3. The fourth-order valence-electron chi connectivity index (χ4n) is 1.94. The molecule has 2 aromatic carbocycles. The molecule has 0 saturated carbocycles. The first-order valence-electron chi connectivity index (χ1n) is 6.11. The summed E-state index contributed by atoms with van der Waals surface area (Å²) in [7, 11) is 0. The fraction of sp³-hybridized carbons (Fsp3) is 0.200. The second kappa shape index (κ2) is 6.06. The first kappa shape index (κ1) is 13.9. The van der Waals surface area contributed by atoms with E-state index in [0.29, 0.717) is 10.2 Å². The Labute approximate surface area is 121 Å². The van der Waals surface area contributed by atoms with Crippen LogP contribution in [-0.2, 0) is 6.42 Å². The van der Waals surface area contributed by atoms with Crippen molar-refractivity contribution in [3.63, 3.8) is 0 Å². The normalized spacial score (nSPS) is 10.5. The van der Waals surface area contributed by atoms with Crippen LogP contribution in [0.25, 0.3) is 0 Å². The minimum atomic E-state index is -0.345. The van der Waals surface area contributed by atoms with Gasteiger partial charge in [-0.3, -0.25) is 0 Å². The van der Waals surface area contributed by atoms with Crippen LogP contribution >= 0.6 is 15.9 Å². The maximum Gasteiger partial charge on any atom is 0.139 e. The molecule has 0 atom stereocenters. The van der Waals surface area contributed by atoms with Gasteiger partial charge in [0.25, 0.3) is 0 Å². The first-order valence-corrected chi connectivity index (χ1v) is 6.90. The molecule has 2 aromatic rings. The first-order chi connectivity index (χ1) is 9.08. The smallest absolute Gasteiger partial charge is 0.139 e. The topological polar surface area (TPSA) is 38.0 Å². The number of nitrogen functional groups attached to an aromatic ring is 1. The molecule has 0 heterocycles. The molecule has 0 saturated heterocycles. The molecular formula is C15H16BrFN2. The lowest BCUT2D eigenvalue weighted by atomic mass is 10.1. The van der Waals surface area contributed by atoms with Gasteiger partial charge in [0, 0.05) is 12.6 Å². The summed E-state index contributed by atoms with van der Waals surface area (Å²) in [5.74, 6) is -0.345. The molecule has 0 spiro atoms. The van der Waals surface area contributed by atoms with Crippen molar-refractivity contribution in [3.05, 3.63) is 57.8 Å². The zero-order valence-electron chi connectivity index (χ0n) is 10.7. The third kappa shape index (κ3) is 3.47. The predicted octanol–water partition coefficient (Wildman–Crippen LogP) is 4.13. The number of nitrogens with two attached hydrogens (primary N) is 1. The molecule has 0 aliphatic rings. The zero-order valence-corrected chi connectivity index (χ0v) is 12.3. The lowest BCUT2D eigenvalue weighted by molar-refractivity contribution is 0.622. The molecule has 0 amide bonds. The Bertz CT molecular complexity index is 584. The van der Waals surface area contributed by atoms with Gasteiger partial charge >= 0.3 is 0 Å². The van der Waals surface area contributed by atoms with Crippen LogP contribution in [0.15, 0.2) is 40.9 Å². The third-order valence-electron chi connectivity index (χ3n) is 3.06. The van der Waals surface area contributed by atoms with Crippen molar-refractivity contribution in [2.45, 2.75) is 13.3 Å². The Morgan fingerprint density at radius 1 is 1.26 bits per heavy atom. The van der Waals surface area contributed by atoms with Crippen LogP contribution in [-0.4, -0.2) is 6.54 Å². The molecule has 0 aliphatic carbocycles. The van der Waals surface area contributed by atoms with Gasteiger partial charge in [-0.15, -0.1) is 0 Å². The van der Waals surface area contributed by atoms with E-state index in [4.69, 9.17) is 5.73 Å². The van der Waals surface area contributed by atoms with Gasteiger partial charge in [0.1, 0.15) is 5.82 Å². The van der Waals surface area contributed by atoms with E-state index in [1.165, 1.54) is 17.2 Å². The lowest BCUT2D eigenvalue weighted by Gasteiger charge is -2.11. The third-order valence-corrected chi connectivity index (χ3v) is 3.67. The van der Waals surface area contributed by atoms with Gasteiger partial charge in [-0.25, -0.2) is 4.39 Å². The molecule has 0 aromatic heterocycles. The molecule has 2 rings (SSSR count). The minimum absolute atomic E-state index is 0.345. The highest BCUT2D eigenvalue weighted by molar-refractivity contribution is 9.10. The van der Waals surface area contributed by atoms with E-state index in [9.17, 15) is 4.39 Å². The molecule has 100 valence electrons. The molecule has 19 heavy (non-hydrogen) atoms. The van der Waals surface area contributed by atoms with Gasteiger partial charge in [0.15, 0.2) is 0 Å². The summed E-state index contributed by atoms with van der Waals surface area (Å²) < 4.78 is 13.7. The predicted molar refractivity (Wildman–Crippen MR) is 81.9 cm³/mol. The second-order valence-corrected chi connectivity index (χ2v) is 5.31. The molecule has 0 aliphatic heterocycles. The summed E-state index contributed by atoms with van der Waals surface area (Å²) in [6.45, 7) is 2.85. The average molecular weight is 323 g/mol. The van der Waals surface area contributed by atoms with E-state index < -0.39 is 0 Å². The molecule has 4 heteroatoms. The second-order valence-electron chi connectivity index (χ2n) is 4.46. The van der Waals surface area contributed by atoms with E-state index in [1.807, 2.05) is 12.1 Å². The maximum absolute atomic E-state index is 13.2. The number of nitrogens with one attached hydrogen (secondary N) is 1. The number of hydrogen-bond donors (Lipinski definition) is 2.